The normalized spacial score (nSPS) is 18.5. The summed E-state index contributed by atoms with van der Waals surface area (Å²) in [4.78, 5) is 21.2. The molecule has 1 saturated heterocycles. The molecule has 2 aliphatic rings. The smallest absolute Gasteiger partial charge is 0.340 e. The molecule has 0 spiro atoms. The lowest BCUT2D eigenvalue weighted by Crippen LogP contribution is -2.39. The van der Waals surface area contributed by atoms with Crippen LogP contribution in [0, 0.1) is 30.9 Å². The number of ether oxygens (including phenoxy) is 3. The highest BCUT2D eigenvalue weighted by molar-refractivity contribution is 5.89. The quantitative estimate of drug-likeness (QED) is 0.227. The van der Waals surface area contributed by atoms with E-state index in [1.165, 1.54) is 12.1 Å². The van der Waals surface area contributed by atoms with E-state index in [1.807, 2.05) is 54.5 Å². The van der Waals surface area contributed by atoms with Crippen LogP contribution in [0.25, 0.3) is 11.1 Å². The number of halogens is 2. The van der Waals surface area contributed by atoms with Gasteiger partial charge in [-0.2, -0.15) is 0 Å². The topological polar surface area (TPSA) is 60.9 Å². The number of nitrogens with zero attached hydrogens (tertiary/aromatic N) is 2. The predicted molar refractivity (Wildman–Crippen MR) is 182 cm³/mol. The molecule has 254 valence electrons. The van der Waals surface area contributed by atoms with Crippen LogP contribution >= 0.6 is 0 Å². The monoisotopic (exact) mass is 648 g/mol. The van der Waals surface area contributed by atoms with E-state index in [1.54, 1.807) is 6.07 Å². The molecule has 3 aromatic rings. The van der Waals surface area contributed by atoms with Crippen molar-refractivity contribution < 1.29 is 27.8 Å². The Morgan fingerprint density at radius 1 is 1.04 bits per heavy atom. The van der Waals surface area contributed by atoms with Gasteiger partial charge < -0.3 is 19.1 Å². The van der Waals surface area contributed by atoms with Crippen LogP contribution in [-0.4, -0.2) is 41.9 Å². The molecule has 1 fully saturated rings. The van der Waals surface area contributed by atoms with Crippen molar-refractivity contribution in [2.75, 3.05) is 18.0 Å². The molecule has 1 aromatic heterocycles. The highest BCUT2D eigenvalue weighted by Gasteiger charge is 2.38. The van der Waals surface area contributed by atoms with Gasteiger partial charge in [-0.25, -0.2) is 13.6 Å². The first-order valence-corrected chi connectivity index (χ1v) is 16.9. The molecule has 5 rings (SSSR count). The Labute approximate surface area is 278 Å². The molecular formula is C39H50F2N2O4. The fourth-order valence-corrected chi connectivity index (χ4v) is 6.71. The van der Waals surface area contributed by atoms with Crippen LogP contribution in [-0.2, 0) is 27.1 Å². The maximum absolute atomic E-state index is 13.8. The Morgan fingerprint density at radius 3 is 2.38 bits per heavy atom. The van der Waals surface area contributed by atoms with Gasteiger partial charge in [0.25, 0.3) is 0 Å². The van der Waals surface area contributed by atoms with Gasteiger partial charge in [-0.1, -0.05) is 26.0 Å². The van der Waals surface area contributed by atoms with Crippen molar-refractivity contribution >= 4 is 11.7 Å². The number of aryl methyl sites for hydroxylation is 3. The Bertz CT molecular complexity index is 1620. The lowest BCUT2D eigenvalue weighted by molar-refractivity contribution is -0.171. The summed E-state index contributed by atoms with van der Waals surface area (Å²) in [5.41, 5.74) is 6.76. The lowest BCUT2D eigenvalue weighted by Gasteiger charge is -2.41. The molecule has 0 bridgehead atoms. The van der Waals surface area contributed by atoms with Crippen LogP contribution in [0.1, 0.15) is 102 Å². The van der Waals surface area contributed by atoms with Gasteiger partial charge in [0.05, 0.1) is 17.4 Å². The van der Waals surface area contributed by atoms with E-state index in [0.717, 1.165) is 83.9 Å². The average Bonchev–Trinajstić information content (AvgIpc) is 2.97. The molecular weight excluding hydrogens is 598 g/mol. The zero-order valence-corrected chi connectivity index (χ0v) is 29.4. The number of piperidine rings is 1. The van der Waals surface area contributed by atoms with E-state index in [4.69, 9.17) is 19.2 Å². The summed E-state index contributed by atoms with van der Waals surface area (Å²) in [5, 5.41) is 0. The number of carbonyl (C=O) groups excluding carboxylic acids is 1. The molecule has 0 amide bonds. The van der Waals surface area contributed by atoms with Crippen molar-refractivity contribution in [2.24, 2.45) is 5.41 Å². The van der Waals surface area contributed by atoms with Crippen LogP contribution in [0.5, 0.6) is 5.75 Å². The van der Waals surface area contributed by atoms with Crippen LogP contribution < -0.4 is 9.64 Å². The lowest BCUT2D eigenvalue weighted by atomic mass is 9.81. The Morgan fingerprint density at radius 2 is 1.74 bits per heavy atom. The second-order valence-electron chi connectivity index (χ2n) is 15.2. The zero-order chi connectivity index (χ0) is 34.3. The van der Waals surface area contributed by atoms with Crippen molar-refractivity contribution in [3.05, 3.63) is 76.1 Å². The maximum Gasteiger partial charge on any atom is 0.340 e. The van der Waals surface area contributed by atoms with Crippen LogP contribution in [0.15, 0.2) is 36.4 Å². The highest BCUT2D eigenvalue weighted by atomic mass is 19.2. The largest absolute Gasteiger partial charge is 0.490 e. The molecule has 0 N–H and O–H groups in total. The van der Waals surface area contributed by atoms with Crippen molar-refractivity contribution in [2.45, 2.75) is 118 Å². The number of anilines is 1. The number of pyridine rings is 1. The number of rotatable bonds is 8. The third kappa shape index (κ3) is 8.14. The van der Waals surface area contributed by atoms with Gasteiger partial charge in [0.1, 0.15) is 11.9 Å². The Kier molecular flexibility index (Phi) is 10.0. The molecule has 8 heteroatoms. The third-order valence-electron chi connectivity index (χ3n) is 9.14. The number of aromatic nitrogens is 1. The summed E-state index contributed by atoms with van der Waals surface area (Å²) in [6.45, 7) is 19.9. The standard InChI is InChI=1S/C39H50F2N2O4/c1-23(2)45-37(44)36(47-38(5,6)7)34-25(4)42-24(3)33(35(34)43-18-16-39(8,9)17-19-43)28-12-15-32-27(22-28)11-13-29(46-32)20-26-10-14-30(40)31(41)21-26/h10,12,14-15,21-23,29,36H,11,13,16-20H2,1-9H3/t29-,36?/m1/s1. The van der Waals surface area contributed by atoms with Gasteiger partial charge in [-0.3, -0.25) is 4.98 Å². The van der Waals surface area contributed by atoms with Gasteiger partial charge in [-0.15, -0.1) is 0 Å². The van der Waals surface area contributed by atoms with Crippen molar-refractivity contribution in [1.82, 2.24) is 4.98 Å². The molecule has 2 aliphatic heterocycles. The van der Waals surface area contributed by atoms with E-state index in [-0.39, 0.29) is 17.6 Å². The number of benzene rings is 2. The second kappa shape index (κ2) is 13.5. The van der Waals surface area contributed by atoms with E-state index in [2.05, 4.69) is 30.9 Å². The molecule has 1 unspecified atom stereocenters. The number of fused-ring (bicyclic) bond motifs is 1. The Hall–Kier alpha value is -3.52. The van der Waals surface area contributed by atoms with Gasteiger partial charge in [-0.05, 0) is 121 Å². The summed E-state index contributed by atoms with van der Waals surface area (Å²) >= 11 is 0. The van der Waals surface area contributed by atoms with E-state index < -0.39 is 29.3 Å². The summed E-state index contributed by atoms with van der Waals surface area (Å²) in [6.07, 6.45) is 2.69. The molecule has 47 heavy (non-hydrogen) atoms. The molecule has 6 nitrogen and oxygen atoms in total. The van der Waals surface area contributed by atoms with Crippen molar-refractivity contribution in [3.63, 3.8) is 0 Å². The van der Waals surface area contributed by atoms with Crippen LogP contribution in [0.2, 0.25) is 0 Å². The fourth-order valence-electron chi connectivity index (χ4n) is 6.71. The summed E-state index contributed by atoms with van der Waals surface area (Å²) in [5.74, 6) is -1.31. The minimum Gasteiger partial charge on any atom is -0.490 e. The number of carbonyl (C=O) groups is 1. The summed E-state index contributed by atoms with van der Waals surface area (Å²) in [7, 11) is 0. The maximum atomic E-state index is 13.8. The van der Waals surface area contributed by atoms with Gasteiger partial charge in [0.15, 0.2) is 17.7 Å². The van der Waals surface area contributed by atoms with Crippen molar-refractivity contribution in [3.8, 4) is 16.9 Å². The number of esters is 1. The SMILES string of the molecule is Cc1nc(C)c(C(OC(C)(C)C)C(=O)OC(C)C)c(N2CCC(C)(C)CC2)c1-c1ccc2c(c1)CC[C@H](Cc1ccc(F)c(F)c1)O2. The first-order valence-electron chi connectivity index (χ1n) is 16.9. The second-order valence-corrected chi connectivity index (χ2v) is 15.2. The third-order valence-corrected chi connectivity index (χ3v) is 9.14. The molecule has 0 aliphatic carbocycles. The minimum absolute atomic E-state index is 0.137. The van der Waals surface area contributed by atoms with E-state index >= 15 is 0 Å². The minimum atomic E-state index is -0.952. The number of hydrogen-bond acceptors (Lipinski definition) is 6. The van der Waals surface area contributed by atoms with Gasteiger partial charge in [0, 0.05) is 42.0 Å². The summed E-state index contributed by atoms with van der Waals surface area (Å²) < 4.78 is 46.0. The summed E-state index contributed by atoms with van der Waals surface area (Å²) in [6, 6.07) is 10.3. The average molecular weight is 649 g/mol. The van der Waals surface area contributed by atoms with Crippen LogP contribution in [0.4, 0.5) is 14.5 Å². The predicted octanol–water partition coefficient (Wildman–Crippen LogP) is 9.01. The van der Waals surface area contributed by atoms with E-state index in [0.29, 0.717) is 12.0 Å². The molecule has 2 aromatic carbocycles. The first kappa shape index (κ1) is 34.8. The van der Waals surface area contributed by atoms with Crippen LogP contribution in [0.3, 0.4) is 0 Å². The fraction of sp³-hybridized carbons (Fsp3) is 0.538. The van der Waals surface area contributed by atoms with Gasteiger partial charge >= 0.3 is 5.97 Å². The molecule has 0 radical (unpaired) electrons. The number of hydrogen-bond donors (Lipinski definition) is 0. The Balaban J connectivity index is 1.58. The molecule has 2 atom stereocenters. The highest BCUT2D eigenvalue weighted by Crippen LogP contribution is 2.46. The van der Waals surface area contributed by atoms with E-state index in [9.17, 15) is 13.6 Å². The zero-order valence-electron chi connectivity index (χ0n) is 29.4. The molecule has 0 saturated carbocycles. The van der Waals surface area contributed by atoms with Gasteiger partial charge in [0.2, 0.25) is 0 Å². The first-order chi connectivity index (χ1) is 22.0. The van der Waals surface area contributed by atoms with Crippen molar-refractivity contribution in [1.29, 1.82) is 0 Å². The molecule has 3 heterocycles.